The summed E-state index contributed by atoms with van der Waals surface area (Å²) in [7, 11) is 0. The third kappa shape index (κ3) is 3.23. The van der Waals surface area contributed by atoms with E-state index in [2.05, 4.69) is 27.7 Å². The Bertz CT molecular complexity index is 254. The number of rotatable bonds is 4. The second-order valence-corrected chi connectivity index (χ2v) is 7.82. The van der Waals surface area contributed by atoms with E-state index in [1.807, 2.05) is 0 Å². The standard InChI is InChI=1S/C15H28O2/c1-14(2)7-11-5-13(6-12(11)8-14)17-10-15(3,4)9-16/h11-13,16H,5-10H2,1-4H3/t11-,12+,13?. The topological polar surface area (TPSA) is 29.5 Å². The maximum atomic E-state index is 9.22. The van der Waals surface area contributed by atoms with Gasteiger partial charge in [-0.05, 0) is 42.9 Å². The number of hydrogen-bond donors (Lipinski definition) is 1. The van der Waals surface area contributed by atoms with E-state index in [-0.39, 0.29) is 12.0 Å². The lowest BCUT2D eigenvalue weighted by molar-refractivity contribution is -0.0185. The third-order valence-corrected chi connectivity index (χ3v) is 4.57. The first-order chi connectivity index (χ1) is 7.81. The first-order valence-electron chi connectivity index (χ1n) is 7.04. The van der Waals surface area contributed by atoms with Crippen molar-refractivity contribution in [2.24, 2.45) is 22.7 Å². The van der Waals surface area contributed by atoms with Crippen LogP contribution in [0.25, 0.3) is 0 Å². The van der Waals surface area contributed by atoms with Gasteiger partial charge in [-0.15, -0.1) is 0 Å². The molecule has 0 saturated heterocycles. The molecule has 2 nitrogen and oxygen atoms in total. The zero-order valence-electron chi connectivity index (χ0n) is 11.8. The number of aliphatic hydroxyl groups is 1. The molecule has 2 saturated carbocycles. The van der Waals surface area contributed by atoms with Gasteiger partial charge in [0.1, 0.15) is 0 Å². The molecule has 1 unspecified atom stereocenters. The highest BCUT2D eigenvalue weighted by atomic mass is 16.5. The van der Waals surface area contributed by atoms with Crippen molar-refractivity contribution in [2.75, 3.05) is 13.2 Å². The van der Waals surface area contributed by atoms with Crippen molar-refractivity contribution in [1.29, 1.82) is 0 Å². The summed E-state index contributed by atoms with van der Waals surface area (Å²) in [5.41, 5.74) is 0.474. The fourth-order valence-electron chi connectivity index (χ4n) is 3.68. The lowest BCUT2D eigenvalue weighted by atomic mass is 9.88. The maximum absolute atomic E-state index is 9.22. The Morgan fingerprint density at radius 3 is 2.18 bits per heavy atom. The fourth-order valence-corrected chi connectivity index (χ4v) is 3.68. The molecule has 0 aromatic rings. The predicted molar refractivity (Wildman–Crippen MR) is 69.8 cm³/mol. The van der Waals surface area contributed by atoms with Crippen LogP contribution in [0.15, 0.2) is 0 Å². The van der Waals surface area contributed by atoms with Crippen LogP contribution in [0, 0.1) is 22.7 Å². The molecule has 3 atom stereocenters. The fraction of sp³-hybridized carbons (Fsp3) is 1.00. The first kappa shape index (κ1) is 13.4. The van der Waals surface area contributed by atoms with E-state index in [4.69, 9.17) is 4.74 Å². The molecular formula is C15H28O2. The largest absolute Gasteiger partial charge is 0.396 e. The van der Waals surface area contributed by atoms with Gasteiger partial charge in [0.05, 0.1) is 19.3 Å². The number of ether oxygens (including phenoxy) is 1. The summed E-state index contributed by atoms with van der Waals surface area (Å²) in [4.78, 5) is 0. The molecule has 100 valence electrons. The average Bonchev–Trinajstić information content (AvgIpc) is 2.68. The molecule has 0 bridgehead atoms. The molecule has 0 heterocycles. The monoisotopic (exact) mass is 240 g/mol. The van der Waals surface area contributed by atoms with E-state index < -0.39 is 0 Å². The molecule has 0 aromatic heterocycles. The molecule has 0 radical (unpaired) electrons. The van der Waals surface area contributed by atoms with Crippen molar-refractivity contribution in [3.8, 4) is 0 Å². The van der Waals surface area contributed by atoms with Crippen LogP contribution in [-0.2, 0) is 4.74 Å². The summed E-state index contributed by atoms with van der Waals surface area (Å²) in [5, 5.41) is 9.22. The minimum atomic E-state index is -0.0863. The Balaban J connectivity index is 1.78. The van der Waals surface area contributed by atoms with Crippen LogP contribution in [0.4, 0.5) is 0 Å². The van der Waals surface area contributed by atoms with Gasteiger partial charge >= 0.3 is 0 Å². The van der Waals surface area contributed by atoms with Crippen molar-refractivity contribution in [3.63, 3.8) is 0 Å². The Hall–Kier alpha value is -0.0800. The van der Waals surface area contributed by atoms with Crippen LogP contribution >= 0.6 is 0 Å². The Morgan fingerprint density at radius 2 is 1.71 bits per heavy atom. The van der Waals surface area contributed by atoms with Crippen molar-refractivity contribution in [2.45, 2.75) is 59.5 Å². The Labute approximate surface area is 106 Å². The van der Waals surface area contributed by atoms with E-state index in [1.54, 1.807) is 0 Å². The zero-order valence-corrected chi connectivity index (χ0v) is 11.8. The lowest BCUT2D eigenvalue weighted by Gasteiger charge is -2.25. The number of fused-ring (bicyclic) bond motifs is 1. The highest BCUT2D eigenvalue weighted by Crippen LogP contribution is 2.53. The minimum Gasteiger partial charge on any atom is -0.396 e. The quantitative estimate of drug-likeness (QED) is 0.817. The van der Waals surface area contributed by atoms with Crippen molar-refractivity contribution in [1.82, 2.24) is 0 Å². The number of aliphatic hydroxyl groups excluding tert-OH is 1. The SMILES string of the molecule is CC(C)(CO)COC1C[C@@H]2CC(C)(C)C[C@@H]2C1. The van der Waals surface area contributed by atoms with Crippen LogP contribution in [-0.4, -0.2) is 24.4 Å². The van der Waals surface area contributed by atoms with E-state index in [9.17, 15) is 5.11 Å². The molecule has 0 aliphatic heterocycles. The van der Waals surface area contributed by atoms with Gasteiger partial charge in [-0.1, -0.05) is 27.7 Å². The Morgan fingerprint density at radius 1 is 1.18 bits per heavy atom. The van der Waals surface area contributed by atoms with Crippen molar-refractivity contribution < 1.29 is 9.84 Å². The molecule has 17 heavy (non-hydrogen) atoms. The molecule has 2 aliphatic carbocycles. The van der Waals surface area contributed by atoms with Crippen molar-refractivity contribution >= 4 is 0 Å². The molecule has 0 amide bonds. The molecule has 1 N–H and O–H groups in total. The molecule has 2 fully saturated rings. The summed E-state index contributed by atoms with van der Waals surface area (Å²) in [6.07, 6.45) is 5.69. The molecular weight excluding hydrogens is 212 g/mol. The highest BCUT2D eigenvalue weighted by molar-refractivity contribution is 4.95. The summed E-state index contributed by atoms with van der Waals surface area (Å²) in [6, 6.07) is 0. The van der Waals surface area contributed by atoms with E-state index in [0.29, 0.717) is 18.1 Å². The summed E-state index contributed by atoms with van der Waals surface area (Å²) >= 11 is 0. The van der Waals surface area contributed by atoms with Crippen LogP contribution in [0.2, 0.25) is 0 Å². The third-order valence-electron chi connectivity index (χ3n) is 4.57. The minimum absolute atomic E-state index is 0.0863. The van der Waals surface area contributed by atoms with Crippen LogP contribution < -0.4 is 0 Å². The lowest BCUT2D eigenvalue weighted by Crippen LogP contribution is -2.27. The molecule has 0 aromatic carbocycles. The first-order valence-corrected chi connectivity index (χ1v) is 7.04. The second kappa shape index (κ2) is 4.55. The van der Waals surface area contributed by atoms with Gasteiger partial charge in [-0.2, -0.15) is 0 Å². The van der Waals surface area contributed by atoms with Gasteiger partial charge in [-0.3, -0.25) is 0 Å². The van der Waals surface area contributed by atoms with Crippen LogP contribution in [0.1, 0.15) is 53.4 Å². The van der Waals surface area contributed by atoms with Gasteiger partial charge < -0.3 is 9.84 Å². The van der Waals surface area contributed by atoms with Gasteiger partial charge in [0.25, 0.3) is 0 Å². The normalized spacial score (nSPS) is 36.2. The average molecular weight is 240 g/mol. The Kier molecular flexibility index (Phi) is 3.57. The van der Waals surface area contributed by atoms with Crippen molar-refractivity contribution in [3.05, 3.63) is 0 Å². The molecule has 0 spiro atoms. The molecule has 2 heteroatoms. The van der Waals surface area contributed by atoms with Gasteiger partial charge in [0.15, 0.2) is 0 Å². The van der Waals surface area contributed by atoms with Gasteiger partial charge in [0, 0.05) is 5.41 Å². The maximum Gasteiger partial charge on any atom is 0.0581 e. The zero-order chi connectivity index (χ0) is 12.7. The summed E-state index contributed by atoms with van der Waals surface area (Å²) < 4.78 is 6.00. The molecule has 2 aliphatic rings. The summed E-state index contributed by atoms with van der Waals surface area (Å²) in [5.74, 6) is 1.79. The van der Waals surface area contributed by atoms with Gasteiger partial charge in [-0.25, -0.2) is 0 Å². The second-order valence-electron chi connectivity index (χ2n) is 7.82. The molecule has 2 rings (SSSR count). The predicted octanol–water partition coefficient (Wildman–Crippen LogP) is 3.24. The smallest absolute Gasteiger partial charge is 0.0581 e. The van der Waals surface area contributed by atoms with E-state index in [1.165, 1.54) is 25.7 Å². The summed E-state index contributed by atoms with van der Waals surface area (Å²) in [6.45, 7) is 9.82. The number of hydrogen-bond acceptors (Lipinski definition) is 2. The van der Waals surface area contributed by atoms with E-state index in [0.717, 1.165) is 11.8 Å². The highest BCUT2D eigenvalue weighted by Gasteiger charge is 2.45. The van der Waals surface area contributed by atoms with Gasteiger partial charge in [0.2, 0.25) is 0 Å². The van der Waals surface area contributed by atoms with E-state index >= 15 is 0 Å². The van der Waals surface area contributed by atoms with Crippen LogP contribution in [0.5, 0.6) is 0 Å². The van der Waals surface area contributed by atoms with Crippen LogP contribution in [0.3, 0.4) is 0 Å².